The molecule has 0 unspecified atom stereocenters. The van der Waals surface area contributed by atoms with Gasteiger partial charge in [-0.3, -0.25) is 4.79 Å². The third-order valence-electron chi connectivity index (χ3n) is 5.47. The van der Waals surface area contributed by atoms with E-state index in [1.807, 2.05) is 6.92 Å². The van der Waals surface area contributed by atoms with Gasteiger partial charge in [0.2, 0.25) is 5.91 Å². The molecule has 0 bridgehead atoms. The minimum absolute atomic E-state index is 0.0738. The number of amides is 1. The van der Waals surface area contributed by atoms with E-state index in [0.717, 1.165) is 26.2 Å². The molecule has 174 valence electrons. The van der Waals surface area contributed by atoms with E-state index >= 15 is 0 Å². The molecule has 0 saturated heterocycles. The van der Waals surface area contributed by atoms with Crippen molar-refractivity contribution in [1.82, 2.24) is 10.6 Å². The van der Waals surface area contributed by atoms with Crippen LogP contribution in [0.2, 0.25) is 0 Å². The number of carbonyl (C=O) groups is 1. The van der Waals surface area contributed by atoms with Gasteiger partial charge in [-0.05, 0) is 19.4 Å². The largest absolute Gasteiger partial charge is 0.381 e. The van der Waals surface area contributed by atoms with Crippen molar-refractivity contribution in [2.75, 3.05) is 32.8 Å². The number of hydrogen-bond acceptors (Lipinski definition) is 3. The van der Waals surface area contributed by atoms with Crippen LogP contribution in [0.5, 0.6) is 0 Å². The molecule has 1 amide bonds. The minimum Gasteiger partial charge on any atom is -0.381 e. The van der Waals surface area contributed by atoms with Crippen molar-refractivity contribution in [2.45, 2.75) is 123 Å². The van der Waals surface area contributed by atoms with Gasteiger partial charge in [0.25, 0.3) is 0 Å². The van der Waals surface area contributed by atoms with Crippen molar-refractivity contribution < 1.29 is 9.53 Å². The number of hydrogen-bond donors (Lipinski definition) is 2. The van der Waals surface area contributed by atoms with Gasteiger partial charge in [-0.15, -0.1) is 0 Å². The maximum Gasteiger partial charge on any atom is 0.233 e. The van der Waals surface area contributed by atoms with Crippen LogP contribution < -0.4 is 10.6 Å². The maximum atomic E-state index is 11.4. The van der Waals surface area contributed by atoms with E-state index in [2.05, 4.69) is 17.6 Å². The van der Waals surface area contributed by atoms with Gasteiger partial charge in [0.05, 0.1) is 6.54 Å². The lowest BCUT2D eigenvalue weighted by molar-refractivity contribution is -0.120. The van der Waals surface area contributed by atoms with Gasteiger partial charge in [0.15, 0.2) is 0 Å². The maximum absolute atomic E-state index is 11.4. The Morgan fingerprint density at radius 1 is 0.621 bits per heavy atom. The van der Waals surface area contributed by atoms with Gasteiger partial charge < -0.3 is 15.4 Å². The zero-order valence-corrected chi connectivity index (χ0v) is 19.9. The van der Waals surface area contributed by atoms with Crippen LogP contribution in [0, 0.1) is 0 Å². The van der Waals surface area contributed by atoms with Crippen molar-refractivity contribution in [2.24, 2.45) is 0 Å². The highest BCUT2D eigenvalue weighted by Gasteiger charge is 1.98. The summed E-state index contributed by atoms with van der Waals surface area (Å²) in [5.41, 5.74) is 0. The molecule has 29 heavy (non-hydrogen) atoms. The summed E-state index contributed by atoms with van der Waals surface area (Å²) in [6.07, 6.45) is 23.3. The van der Waals surface area contributed by atoms with E-state index in [0.29, 0.717) is 13.1 Å². The highest BCUT2D eigenvalue weighted by molar-refractivity contribution is 5.77. The molecule has 0 spiro atoms. The SMILES string of the molecule is CCCCCCCCCCCCCCCCCCOCCCNC(=O)CNCC. The van der Waals surface area contributed by atoms with E-state index < -0.39 is 0 Å². The Morgan fingerprint density at radius 2 is 1.07 bits per heavy atom. The number of nitrogens with one attached hydrogen (secondary N) is 2. The second-order valence-electron chi connectivity index (χ2n) is 8.40. The number of rotatable bonds is 24. The topological polar surface area (TPSA) is 50.4 Å². The van der Waals surface area contributed by atoms with Crippen LogP contribution in [0.4, 0.5) is 0 Å². The Kier molecular flexibility index (Phi) is 24.9. The monoisotopic (exact) mass is 412 g/mol. The molecular weight excluding hydrogens is 360 g/mol. The molecule has 0 heterocycles. The molecule has 2 N–H and O–H groups in total. The first-order valence-corrected chi connectivity index (χ1v) is 12.9. The summed E-state index contributed by atoms with van der Waals surface area (Å²) >= 11 is 0. The Morgan fingerprint density at radius 3 is 1.55 bits per heavy atom. The molecule has 4 nitrogen and oxygen atoms in total. The molecule has 0 aliphatic carbocycles. The lowest BCUT2D eigenvalue weighted by Gasteiger charge is -2.07. The highest BCUT2D eigenvalue weighted by atomic mass is 16.5. The average Bonchev–Trinajstić information content (AvgIpc) is 2.73. The number of unbranched alkanes of at least 4 members (excludes halogenated alkanes) is 15. The predicted molar refractivity (Wildman–Crippen MR) is 127 cm³/mol. The zero-order valence-electron chi connectivity index (χ0n) is 19.9. The van der Waals surface area contributed by atoms with Crippen molar-refractivity contribution in [3.8, 4) is 0 Å². The van der Waals surface area contributed by atoms with Gasteiger partial charge in [0, 0.05) is 19.8 Å². The fourth-order valence-corrected chi connectivity index (χ4v) is 3.56. The first kappa shape index (κ1) is 28.4. The van der Waals surface area contributed by atoms with E-state index in [-0.39, 0.29) is 5.91 Å². The third kappa shape index (κ3) is 25.4. The first-order chi connectivity index (χ1) is 14.3. The summed E-state index contributed by atoms with van der Waals surface area (Å²) < 4.78 is 5.65. The fourth-order valence-electron chi connectivity index (χ4n) is 3.56. The van der Waals surface area contributed by atoms with E-state index in [1.165, 1.54) is 103 Å². The standard InChI is InChI=1S/C25H52N2O2/c1-3-5-6-7-8-9-10-11-12-13-14-15-16-17-18-19-22-29-23-20-21-27-25(28)24-26-4-2/h26H,3-24H2,1-2H3,(H,27,28). The van der Waals surface area contributed by atoms with Crippen molar-refractivity contribution in [1.29, 1.82) is 0 Å². The summed E-state index contributed by atoms with van der Waals surface area (Å²) in [6.45, 7) is 7.86. The molecule has 0 rings (SSSR count). The summed E-state index contributed by atoms with van der Waals surface area (Å²) in [6, 6.07) is 0. The van der Waals surface area contributed by atoms with Gasteiger partial charge in [0.1, 0.15) is 0 Å². The fraction of sp³-hybridized carbons (Fsp3) is 0.960. The van der Waals surface area contributed by atoms with Crippen LogP contribution in [-0.4, -0.2) is 38.8 Å². The molecule has 0 aliphatic heterocycles. The normalized spacial score (nSPS) is 11.1. The smallest absolute Gasteiger partial charge is 0.233 e. The minimum atomic E-state index is 0.0738. The zero-order chi connectivity index (χ0) is 21.3. The van der Waals surface area contributed by atoms with E-state index in [1.54, 1.807) is 0 Å². The van der Waals surface area contributed by atoms with Gasteiger partial charge >= 0.3 is 0 Å². The Balaban J connectivity index is 3.04. The second-order valence-corrected chi connectivity index (χ2v) is 8.40. The molecule has 0 aromatic rings. The van der Waals surface area contributed by atoms with Crippen LogP contribution in [0.15, 0.2) is 0 Å². The quantitative estimate of drug-likeness (QED) is 0.181. The number of ether oxygens (including phenoxy) is 1. The molecule has 0 fully saturated rings. The van der Waals surface area contributed by atoms with Crippen LogP contribution in [-0.2, 0) is 9.53 Å². The average molecular weight is 413 g/mol. The van der Waals surface area contributed by atoms with Crippen molar-refractivity contribution >= 4 is 5.91 Å². The van der Waals surface area contributed by atoms with Crippen LogP contribution in [0.3, 0.4) is 0 Å². The summed E-state index contributed by atoms with van der Waals surface area (Å²) in [4.78, 5) is 11.4. The van der Waals surface area contributed by atoms with Gasteiger partial charge in [-0.2, -0.15) is 0 Å². The molecule has 0 atom stereocenters. The lowest BCUT2D eigenvalue weighted by atomic mass is 10.0. The molecule has 0 aliphatic rings. The Labute approximate surface area is 182 Å². The number of carbonyl (C=O) groups excluding carboxylic acids is 1. The summed E-state index contributed by atoms with van der Waals surface area (Å²) in [5, 5.41) is 5.91. The van der Waals surface area contributed by atoms with Crippen LogP contribution >= 0.6 is 0 Å². The summed E-state index contributed by atoms with van der Waals surface area (Å²) in [7, 11) is 0. The van der Waals surface area contributed by atoms with Gasteiger partial charge in [-0.25, -0.2) is 0 Å². The van der Waals surface area contributed by atoms with Crippen molar-refractivity contribution in [3.05, 3.63) is 0 Å². The molecule has 4 heteroatoms. The first-order valence-electron chi connectivity index (χ1n) is 12.9. The van der Waals surface area contributed by atoms with Crippen LogP contribution in [0.25, 0.3) is 0 Å². The Hall–Kier alpha value is -0.610. The number of likely N-dealkylation sites (N-methyl/N-ethyl adjacent to an activating group) is 1. The Bertz CT molecular complexity index is 324. The molecule has 0 aromatic heterocycles. The van der Waals surface area contributed by atoms with Crippen molar-refractivity contribution in [3.63, 3.8) is 0 Å². The molecule has 0 saturated carbocycles. The second kappa shape index (κ2) is 25.4. The van der Waals surface area contributed by atoms with E-state index in [4.69, 9.17) is 4.74 Å². The molecule has 0 radical (unpaired) electrons. The predicted octanol–water partition coefficient (Wildman–Crippen LogP) is 6.38. The van der Waals surface area contributed by atoms with Gasteiger partial charge in [-0.1, -0.05) is 110 Å². The van der Waals surface area contributed by atoms with E-state index in [9.17, 15) is 4.79 Å². The highest BCUT2D eigenvalue weighted by Crippen LogP contribution is 2.13. The third-order valence-corrected chi connectivity index (χ3v) is 5.47. The lowest BCUT2D eigenvalue weighted by Crippen LogP contribution is -2.34. The van der Waals surface area contributed by atoms with Crippen LogP contribution in [0.1, 0.15) is 123 Å². The molecular formula is C25H52N2O2. The molecule has 0 aromatic carbocycles. The summed E-state index contributed by atoms with van der Waals surface area (Å²) in [5.74, 6) is 0.0738.